The van der Waals surface area contributed by atoms with Gasteiger partial charge in [-0.15, -0.1) is 4.52 Å². The summed E-state index contributed by atoms with van der Waals surface area (Å²) in [6, 6.07) is 0. The first-order valence-electron chi connectivity index (χ1n) is 3.34. The predicted octanol–water partition coefficient (Wildman–Crippen LogP) is 3.43. The Bertz CT molecular complexity index is 118. The van der Waals surface area contributed by atoms with Gasteiger partial charge in [-0.1, -0.05) is 6.08 Å². The summed E-state index contributed by atoms with van der Waals surface area (Å²) in [5.41, 5.74) is 0. The van der Waals surface area contributed by atoms with Crippen LogP contribution < -0.4 is 0 Å². The first kappa shape index (κ1) is 8.14. The van der Waals surface area contributed by atoms with E-state index in [4.69, 9.17) is 0 Å². The van der Waals surface area contributed by atoms with Crippen molar-refractivity contribution < 1.29 is 0 Å². The summed E-state index contributed by atoms with van der Waals surface area (Å²) in [6.07, 6.45) is 5.78. The highest BCUT2D eigenvalue weighted by Crippen LogP contribution is 2.24. The molecule has 1 heterocycles. The highest BCUT2D eigenvalue weighted by molar-refractivity contribution is 8.77. The summed E-state index contributed by atoms with van der Waals surface area (Å²) in [6.45, 7) is 0.890. The zero-order valence-corrected chi connectivity index (χ0v) is 7.33. The lowest BCUT2D eigenvalue weighted by Gasteiger charge is -1.94. The average molecular weight is 174 g/mol. The van der Waals surface area contributed by atoms with Crippen molar-refractivity contribution in [2.24, 2.45) is 9.63 Å². The molecule has 0 bridgehead atoms. The summed E-state index contributed by atoms with van der Waals surface area (Å²) in [5, 5.41) is 6.04. The van der Waals surface area contributed by atoms with Crippen LogP contribution in [-0.2, 0) is 0 Å². The minimum Gasteiger partial charge on any atom is -0.181 e. The van der Waals surface area contributed by atoms with Crippen LogP contribution in [0.4, 0.5) is 0 Å². The molecule has 0 radical (unpaired) electrons. The highest BCUT2D eigenvalue weighted by Gasteiger charge is 1.87. The minimum atomic E-state index is 0.890. The van der Waals surface area contributed by atoms with Crippen LogP contribution in [0.5, 0.6) is 0 Å². The van der Waals surface area contributed by atoms with Gasteiger partial charge in [0.25, 0.3) is 0 Å². The lowest BCUT2D eigenvalue weighted by atomic mass is 10.2. The maximum absolute atomic E-state index is 3.97. The second-order valence-corrected chi connectivity index (χ2v) is 3.79. The number of nitrogens with zero attached hydrogens (tertiary/aromatic N) is 2. The van der Waals surface area contributed by atoms with Gasteiger partial charge in [-0.05, 0) is 35.5 Å². The van der Waals surface area contributed by atoms with Gasteiger partial charge in [-0.25, -0.2) is 0 Å². The van der Waals surface area contributed by atoms with Gasteiger partial charge in [0.05, 0.1) is 17.5 Å². The van der Waals surface area contributed by atoms with Crippen LogP contribution in [0.15, 0.2) is 21.1 Å². The molecule has 1 aliphatic rings. The van der Waals surface area contributed by atoms with Crippen molar-refractivity contribution in [2.45, 2.75) is 19.3 Å². The largest absolute Gasteiger partial charge is 0.181 e. The van der Waals surface area contributed by atoms with Gasteiger partial charge in [-0.3, -0.25) is 0 Å². The first-order chi connectivity index (χ1) is 5.00. The Morgan fingerprint density at radius 2 is 2.30 bits per heavy atom. The fourth-order valence-corrected chi connectivity index (χ4v) is 1.73. The molecular weight excluding hydrogens is 164 g/mol. The molecule has 0 saturated carbocycles. The van der Waals surface area contributed by atoms with Gasteiger partial charge >= 0.3 is 0 Å². The molecule has 0 amide bonds. The summed E-state index contributed by atoms with van der Waals surface area (Å²) in [7, 11) is 3.07. The van der Waals surface area contributed by atoms with Crippen molar-refractivity contribution in [3.05, 3.63) is 11.5 Å². The van der Waals surface area contributed by atoms with Crippen molar-refractivity contribution in [2.75, 3.05) is 6.54 Å². The minimum absolute atomic E-state index is 0.890. The Hall–Kier alpha value is 0.0400. The van der Waals surface area contributed by atoms with Crippen molar-refractivity contribution in [3.63, 3.8) is 0 Å². The Labute approximate surface area is 69.1 Å². The number of allylic oxidation sites excluding steroid dienone is 1. The number of rotatable bonds is 0. The Balaban J connectivity index is 2.23. The van der Waals surface area contributed by atoms with Crippen LogP contribution in [0.1, 0.15) is 19.3 Å². The maximum Gasteiger partial charge on any atom is 0.0716 e. The van der Waals surface area contributed by atoms with Gasteiger partial charge in [0, 0.05) is 0 Å². The molecule has 0 saturated heterocycles. The molecule has 0 atom stereocenters. The summed E-state index contributed by atoms with van der Waals surface area (Å²) in [4.78, 5) is 0. The molecule has 0 aromatic rings. The lowest BCUT2D eigenvalue weighted by molar-refractivity contribution is 0.745. The van der Waals surface area contributed by atoms with Crippen LogP contribution in [0.3, 0.4) is 0 Å². The fourth-order valence-electron chi connectivity index (χ4n) is 0.661. The Morgan fingerprint density at radius 1 is 1.30 bits per heavy atom. The molecule has 10 heavy (non-hydrogen) atoms. The van der Waals surface area contributed by atoms with E-state index < -0.39 is 0 Å². The summed E-state index contributed by atoms with van der Waals surface area (Å²) >= 11 is 0. The van der Waals surface area contributed by atoms with Gasteiger partial charge in [0.15, 0.2) is 0 Å². The molecule has 0 aliphatic carbocycles. The van der Waals surface area contributed by atoms with E-state index in [1.807, 2.05) is 0 Å². The van der Waals surface area contributed by atoms with Gasteiger partial charge in [0.1, 0.15) is 0 Å². The Morgan fingerprint density at radius 3 is 3.30 bits per heavy atom. The standard InChI is InChI=1S/C6H10N2S2/c1-2-4-6-9-10-8-7-5-3-1/h4,6H,1-3,5H2/b6-4-,8-7-. The smallest absolute Gasteiger partial charge is 0.0716 e. The van der Waals surface area contributed by atoms with E-state index in [9.17, 15) is 0 Å². The molecule has 56 valence electrons. The second-order valence-electron chi connectivity index (χ2n) is 1.99. The zero-order chi connectivity index (χ0) is 7.07. The number of hydrogen-bond donors (Lipinski definition) is 0. The van der Waals surface area contributed by atoms with E-state index in [1.54, 1.807) is 10.8 Å². The molecule has 0 aromatic carbocycles. The molecule has 4 heteroatoms. The monoisotopic (exact) mass is 174 g/mol. The molecule has 2 nitrogen and oxygen atoms in total. The third-order valence-electron chi connectivity index (χ3n) is 1.16. The molecule has 1 rings (SSSR count). The second kappa shape index (κ2) is 5.80. The SMILES string of the molecule is C1=C\SS/N=N\CCCC/1. The van der Waals surface area contributed by atoms with E-state index in [0.717, 1.165) is 6.54 Å². The molecule has 0 fully saturated rings. The van der Waals surface area contributed by atoms with Gasteiger partial charge in [0.2, 0.25) is 0 Å². The number of hydrogen-bond acceptors (Lipinski definition) is 4. The topological polar surface area (TPSA) is 24.7 Å². The predicted molar refractivity (Wildman–Crippen MR) is 47.9 cm³/mol. The van der Waals surface area contributed by atoms with Gasteiger partial charge in [-0.2, -0.15) is 5.11 Å². The van der Waals surface area contributed by atoms with Crippen LogP contribution >= 0.6 is 21.8 Å². The first-order valence-corrected chi connectivity index (χ1v) is 5.51. The fraction of sp³-hybridized carbons (Fsp3) is 0.667. The van der Waals surface area contributed by atoms with E-state index in [2.05, 4.69) is 21.1 Å². The van der Waals surface area contributed by atoms with Crippen molar-refractivity contribution >= 4 is 21.8 Å². The van der Waals surface area contributed by atoms with Crippen LogP contribution in [0.25, 0.3) is 0 Å². The van der Waals surface area contributed by atoms with Crippen LogP contribution in [-0.4, -0.2) is 6.54 Å². The van der Waals surface area contributed by atoms with E-state index >= 15 is 0 Å². The highest BCUT2D eigenvalue weighted by atomic mass is 33.1. The summed E-state index contributed by atoms with van der Waals surface area (Å²) < 4.78 is 3.89. The third-order valence-corrected chi connectivity index (χ3v) is 2.53. The van der Waals surface area contributed by atoms with Crippen molar-refractivity contribution in [1.29, 1.82) is 0 Å². The molecule has 0 unspecified atom stereocenters. The molecule has 0 spiro atoms. The van der Waals surface area contributed by atoms with E-state index in [0.29, 0.717) is 0 Å². The average Bonchev–Trinajstić information content (AvgIpc) is 2.01. The maximum atomic E-state index is 3.97. The lowest BCUT2D eigenvalue weighted by Crippen LogP contribution is -1.78. The van der Waals surface area contributed by atoms with E-state index in [1.165, 1.54) is 30.2 Å². The normalized spacial score (nSPS) is 27.2. The zero-order valence-electron chi connectivity index (χ0n) is 5.69. The summed E-state index contributed by atoms with van der Waals surface area (Å²) in [5.74, 6) is 0. The molecular formula is C6H10N2S2. The quantitative estimate of drug-likeness (QED) is 0.415. The molecule has 1 aliphatic heterocycles. The van der Waals surface area contributed by atoms with Crippen LogP contribution in [0.2, 0.25) is 0 Å². The van der Waals surface area contributed by atoms with E-state index in [-0.39, 0.29) is 0 Å². The third kappa shape index (κ3) is 3.95. The van der Waals surface area contributed by atoms with Crippen molar-refractivity contribution in [3.8, 4) is 0 Å². The van der Waals surface area contributed by atoms with Crippen LogP contribution in [0, 0.1) is 0 Å². The Kier molecular flexibility index (Phi) is 4.72. The van der Waals surface area contributed by atoms with Crippen molar-refractivity contribution in [1.82, 2.24) is 0 Å². The molecule has 0 N–H and O–H groups in total. The molecule has 0 aromatic heterocycles. The van der Waals surface area contributed by atoms with Gasteiger partial charge < -0.3 is 0 Å².